The van der Waals surface area contributed by atoms with Crippen molar-refractivity contribution in [3.05, 3.63) is 24.3 Å². The highest BCUT2D eigenvalue weighted by molar-refractivity contribution is 5.67. The van der Waals surface area contributed by atoms with E-state index in [-0.39, 0.29) is 6.09 Å². The van der Waals surface area contributed by atoms with Gasteiger partial charge in [-0.1, -0.05) is 12.1 Å². The lowest BCUT2D eigenvalue weighted by Crippen LogP contribution is -2.45. The van der Waals surface area contributed by atoms with Gasteiger partial charge in [-0.2, -0.15) is 0 Å². The van der Waals surface area contributed by atoms with Gasteiger partial charge in [-0.25, -0.2) is 4.79 Å². The summed E-state index contributed by atoms with van der Waals surface area (Å²) in [5.41, 5.74) is 0.707. The van der Waals surface area contributed by atoms with Gasteiger partial charge in [-0.3, -0.25) is 0 Å². The molecular weight excluding hydrogens is 318 g/mol. The van der Waals surface area contributed by atoms with E-state index in [0.717, 1.165) is 43.9 Å². The molecule has 0 aliphatic carbocycles. The van der Waals surface area contributed by atoms with Gasteiger partial charge in [0, 0.05) is 32.2 Å². The normalized spacial score (nSPS) is 15.8. The Morgan fingerprint density at radius 3 is 2.52 bits per heavy atom. The van der Waals surface area contributed by atoms with Crippen LogP contribution in [-0.2, 0) is 4.74 Å². The fraction of sp³-hybridized carbons (Fsp3) is 0.632. The van der Waals surface area contributed by atoms with E-state index in [1.54, 1.807) is 7.11 Å². The van der Waals surface area contributed by atoms with Gasteiger partial charge in [-0.05, 0) is 45.7 Å². The van der Waals surface area contributed by atoms with Crippen molar-refractivity contribution in [2.75, 3.05) is 38.2 Å². The Labute approximate surface area is 150 Å². The summed E-state index contributed by atoms with van der Waals surface area (Å²) in [5.74, 6) is 0.926. The number of ether oxygens (including phenoxy) is 2. The largest absolute Gasteiger partial charge is 0.495 e. The highest BCUT2D eigenvalue weighted by Gasteiger charge is 2.21. The van der Waals surface area contributed by atoms with Crippen molar-refractivity contribution in [2.24, 2.45) is 0 Å². The van der Waals surface area contributed by atoms with E-state index < -0.39 is 5.60 Å². The SMILES string of the molecule is COc1ccccc1N1CCC(NCCNC(=O)OC(C)(C)C)CC1. The minimum atomic E-state index is -0.456. The first-order valence-corrected chi connectivity index (χ1v) is 8.97. The van der Waals surface area contributed by atoms with Gasteiger partial charge < -0.3 is 25.0 Å². The Kier molecular flexibility index (Phi) is 6.93. The second-order valence-corrected chi connectivity index (χ2v) is 7.32. The van der Waals surface area contributed by atoms with E-state index in [1.165, 1.54) is 0 Å². The maximum absolute atomic E-state index is 11.6. The summed E-state index contributed by atoms with van der Waals surface area (Å²) in [4.78, 5) is 14.0. The first-order valence-electron chi connectivity index (χ1n) is 8.97. The van der Waals surface area contributed by atoms with Crippen LogP contribution < -0.4 is 20.3 Å². The Morgan fingerprint density at radius 2 is 1.88 bits per heavy atom. The van der Waals surface area contributed by atoms with E-state index >= 15 is 0 Å². The number of hydrogen-bond acceptors (Lipinski definition) is 5. The van der Waals surface area contributed by atoms with Crippen LogP contribution in [0.3, 0.4) is 0 Å². The minimum Gasteiger partial charge on any atom is -0.495 e. The molecule has 1 saturated heterocycles. The van der Waals surface area contributed by atoms with Crippen molar-refractivity contribution in [3.63, 3.8) is 0 Å². The number of methoxy groups -OCH3 is 1. The number of rotatable bonds is 6. The van der Waals surface area contributed by atoms with Gasteiger partial charge in [0.05, 0.1) is 12.8 Å². The summed E-state index contributed by atoms with van der Waals surface area (Å²) in [7, 11) is 1.71. The van der Waals surface area contributed by atoms with Crippen LogP contribution in [0.4, 0.5) is 10.5 Å². The van der Waals surface area contributed by atoms with Crippen molar-refractivity contribution in [2.45, 2.75) is 45.3 Å². The lowest BCUT2D eigenvalue weighted by atomic mass is 10.0. The maximum Gasteiger partial charge on any atom is 0.407 e. The first-order chi connectivity index (χ1) is 11.9. The lowest BCUT2D eigenvalue weighted by Gasteiger charge is -2.34. The van der Waals surface area contributed by atoms with Crippen molar-refractivity contribution in [1.29, 1.82) is 0 Å². The summed E-state index contributed by atoms with van der Waals surface area (Å²) in [6.07, 6.45) is 1.79. The van der Waals surface area contributed by atoms with Gasteiger partial charge in [0.1, 0.15) is 11.4 Å². The molecule has 0 spiro atoms. The van der Waals surface area contributed by atoms with Crippen molar-refractivity contribution < 1.29 is 14.3 Å². The molecule has 6 nitrogen and oxygen atoms in total. The summed E-state index contributed by atoms with van der Waals surface area (Å²) < 4.78 is 10.7. The van der Waals surface area contributed by atoms with Gasteiger partial charge in [0.2, 0.25) is 0 Å². The van der Waals surface area contributed by atoms with Crippen LogP contribution in [0.25, 0.3) is 0 Å². The van der Waals surface area contributed by atoms with Crippen LogP contribution in [0.2, 0.25) is 0 Å². The van der Waals surface area contributed by atoms with Crippen molar-refractivity contribution in [1.82, 2.24) is 10.6 Å². The predicted molar refractivity (Wildman–Crippen MR) is 100 cm³/mol. The molecule has 1 aromatic rings. The van der Waals surface area contributed by atoms with E-state index in [2.05, 4.69) is 21.6 Å². The zero-order chi connectivity index (χ0) is 18.3. The van der Waals surface area contributed by atoms with Crippen LogP contribution in [0.15, 0.2) is 24.3 Å². The Bertz CT molecular complexity index is 549. The lowest BCUT2D eigenvalue weighted by molar-refractivity contribution is 0.0528. The highest BCUT2D eigenvalue weighted by atomic mass is 16.6. The fourth-order valence-electron chi connectivity index (χ4n) is 2.97. The first kappa shape index (κ1) is 19.4. The van der Waals surface area contributed by atoms with Crippen LogP contribution in [-0.4, -0.2) is 51.0 Å². The second-order valence-electron chi connectivity index (χ2n) is 7.32. The zero-order valence-electron chi connectivity index (χ0n) is 15.8. The number of nitrogens with one attached hydrogen (secondary N) is 2. The number of carbonyl (C=O) groups is 1. The molecule has 25 heavy (non-hydrogen) atoms. The third-order valence-corrected chi connectivity index (χ3v) is 4.15. The summed E-state index contributed by atoms with van der Waals surface area (Å²) in [6.45, 7) is 8.90. The van der Waals surface area contributed by atoms with Gasteiger partial charge >= 0.3 is 6.09 Å². The quantitative estimate of drug-likeness (QED) is 0.773. The fourth-order valence-corrected chi connectivity index (χ4v) is 2.97. The standard InChI is InChI=1S/C19H31N3O3/c1-19(2,3)25-18(23)21-12-11-20-15-9-13-22(14-10-15)16-7-5-6-8-17(16)24-4/h5-8,15,20H,9-14H2,1-4H3,(H,21,23). The summed E-state index contributed by atoms with van der Waals surface area (Å²) in [6, 6.07) is 8.63. The van der Waals surface area contributed by atoms with Crippen molar-refractivity contribution >= 4 is 11.8 Å². The molecule has 1 aromatic carbocycles. The molecule has 0 unspecified atom stereocenters. The average molecular weight is 349 g/mol. The molecule has 0 aromatic heterocycles. The molecular formula is C19H31N3O3. The van der Waals surface area contributed by atoms with Crippen LogP contribution in [0.5, 0.6) is 5.75 Å². The Morgan fingerprint density at radius 1 is 1.20 bits per heavy atom. The molecule has 1 aliphatic heterocycles. The van der Waals surface area contributed by atoms with E-state index in [0.29, 0.717) is 12.6 Å². The van der Waals surface area contributed by atoms with E-state index in [1.807, 2.05) is 39.0 Å². The average Bonchev–Trinajstić information content (AvgIpc) is 2.58. The molecule has 2 rings (SSSR count). The molecule has 1 fully saturated rings. The number of carbonyl (C=O) groups excluding carboxylic acids is 1. The monoisotopic (exact) mass is 349 g/mol. The number of alkyl carbamates (subject to hydrolysis) is 1. The molecule has 1 aliphatic rings. The second kappa shape index (κ2) is 8.94. The van der Waals surface area contributed by atoms with Gasteiger partial charge in [0.15, 0.2) is 0 Å². The maximum atomic E-state index is 11.6. The third-order valence-electron chi connectivity index (χ3n) is 4.15. The minimum absolute atomic E-state index is 0.361. The Hall–Kier alpha value is -1.95. The molecule has 140 valence electrons. The molecule has 0 radical (unpaired) electrons. The predicted octanol–water partition coefficient (Wildman–Crippen LogP) is 2.78. The Balaban J connectivity index is 1.67. The number of piperidine rings is 1. The molecule has 0 atom stereocenters. The summed E-state index contributed by atoms with van der Waals surface area (Å²) >= 11 is 0. The van der Waals surface area contributed by atoms with Gasteiger partial charge in [-0.15, -0.1) is 0 Å². The zero-order valence-corrected chi connectivity index (χ0v) is 15.8. The van der Waals surface area contributed by atoms with Crippen LogP contribution in [0, 0.1) is 0 Å². The smallest absolute Gasteiger partial charge is 0.407 e. The molecule has 1 heterocycles. The number of para-hydroxylation sites is 2. The van der Waals surface area contributed by atoms with E-state index in [9.17, 15) is 4.79 Å². The number of anilines is 1. The summed E-state index contributed by atoms with van der Waals surface area (Å²) in [5, 5.41) is 6.29. The number of nitrogens with zero attached hydrogens (tertiary/aromatic N) is 1. The van der Waals surface area contributed by atoms with E-state index in [4.69, 9.17) is 9.47 Å². The molecule has 1 amide bonds. The van der Waals surface area contributed by atoms with Crippen LogP contribution in [0.1, 0.15) is 33.6 Å². The molecule has 6 heteroatoms. The van der Waals surface area contributed by atoms with Crippen molar-refractivity contribution in [3.8, 4) is 5.75 Å². The number of amides is 1. The number of benzene rings is 1. The molecule has 0 saturated carbocycles. The van der Waals surface area contributed by atoms with Gasteiger partial charge in [0.25, 0.3) is 0 Å². The third kappa shape index (κ3) is 6.46. The van der Waals surface area contributed by atoms with Crippen LogP contribution >= 0.6 is 0 Å². The molecule has 0 bridgehead atoms. The molecule has 2 N–H and O–H groups in total. The number of hydrogen-bond donors (Lipinski definition) is 2. The highest BCUT2D eigenvalue weighted by Crippen LogP contribution is 2.29. The topological polar surface area (TPSA) is 62.8 Å².